The Morgan fingerprint density at radius 2 is 2.23 bits per heavy atom. The Hall–Kier alpha value is -2.30. The van der Waals surface area contributed by atoms with E-state index < -0.39 is 0 Å². The van der Waals surface area contributed by atoms with Crippen LogP contribution in [-0.2, 0) is 17.8 Å². The molecule has 114 valence electrons. The first kappa shape index (κ1) is 13.4. The van der Waals surface area contributed by atoms with Crippen LogP contribution < -0.4 is 4.74 Å². The summed E-state index contributed by atoms with van der Waals surface area (Å²) in [4.78, 5) is 14.8. The third-order valence-electron chi connectivity index (χ3n) is 4.54. The first-order chi connectivity index (χ1) is 10.8. The minimum atomic E-state index is -0.365. The molecule has 2 aliphatic heterocycles. The van der Waals surface area contributed by atoms with E-state index in [4.69, 9.17) is 4.74 Å². The molecule has 2 aliphatic rings. The van der Waals surface area contributed by atoms with Gasteiger partial charge in [0.25, 0.3) is 5.91 Å². The molecule has 0 aliphatic carbocycles. The van der Waals surface area contributed by atoms with Crippen molar-refractivity contribution in [1.29, 1.82) is 0 Å². The highest BCUT2D eigenvalue weighted by Gasteiger charge is 2.37. The summed E-state index contributed by atoms with van der Waals surface area (Å²) in [6, 6.07) is 10.0. The van der Waals surface area contributed by atoms with E-state index in [-0.39, 0.29) is 18.1 Å². The van der Waals surface area contributed by atoms with E-state index in [1.165, 1.54) is 0 Å². The van der Waals surface area contributed by atoms with E-state index >= 15 is 0 Å². The first-order valence-corrected chi connectivity index (χ1v) is 7.84. The second-order valence-corrected chi connectivity index (χ2v) is 5.97. The van der Waals surface area contributed by atoms with Gasteiger partial charge in [-0.15, -0.1) is 0 Å². The molecule has 22 heavy (non-hydrogen) atoms. The van der Waals surface area contributed by atoms with Crippen LogP contribution in [0.1, 0.15) is 18.4 Å². The smallest absolute Gasteiger partial charge is 0.264 e. The monoisotopic (exact) mass is 297 g/mol. The predicted molar refractivity (Wildman–Crippen MR) is 81.5 cm³/mol. The molecule has 5 nitrogen and oxygen atoms in total. The summed E-state index contributed by atoms with van der Waals surface area (Å²) < 4.78 is 7.75. The number of likely N-dealkylation sites (tertiary alicyclic amines) is 1. The van der Waals surface area contributed by atoms with Gasteiger partial charge in [-0.2, -0.15) is 5.10 Å². The maximum Gasteiger partial charge on any atom is 0.264 e. The summed E-state index contributed by atoms with van der Waals surface area (Å²) in [5, 5.41) is 4.25. The Kier molecular flexibility index (Phi) is 3.33. The van der Waals surface area contributed by atoms with Crippen molar-refractivity contribution in [3.63, 3.8) is 0 Å². The topological polar surface area (TPSA) is 47.4 Å². The Labute approximate surface area is 129 Å². The predicted octanol–water partition coefficient (Wildman–Crippen LogP) is 1.88. The van der Waals surface area contributed by atoms with E-state index in [1.807, 2.05) is 46.1 Å². The molecule has 4 rings (SSSR count). The highest BCUT2D eigenvalue weighted by atomic mass is 16.5. The zero-order chi connectivity index (χ0) is 14.9. The number of carbonyl (C=O) groups is 1. The molecule has 0 saturated carbocycles. The lowest BCUT2D eigenvalue weighted by atomic mass is 10.1. The van der Waals surface area contributed by atoms with Gasteiger partial charge in [-0.1, -0.05) is 18.2 Å². The molecule has 0 radical (unpaired) electrons. The number of ether oxygens (including phenoxy) is 1. The Bertz CT molecular complexity index is 643. The number of benzene rings is 1. The minimum absolute atomic E-state index is 0.117. The van der Waals surface area contributed by atoms with Crippen molar-refractivity contribution in [2.75, 3.05) is 6.54 Å². The largest absolute Gasteiger partial charge is 0.480 e. The van der Waals surface area contributed by atoms with Gasteiger partial charge in [0.2, 0.25) is 0 Å². The van der Waals surface area contributed by atoms with Crippen LogP contribution in [0, 0.1) is 0 Å². The van der Waals surface area contributed by atoms with Crippen molar-refractivity contribution in [3.05, 3.63) is 48.3 Å². The fourth-order valence-electron chi connectivity index (χ4n) is 3.44. The van der Waals surface area contributed by atoms with Gasteiger partial charge in [-0.25, -0.2) is 0 Å². The lowest BCUT2D eigenvalue weighted by Gasteiger charge is -2.27. The van der Waals surface area contributed by atoms with Gasteiger partial charge in [0.05, 0.1) is 12.6 Å². The molecule has 1 aromatic heterocycles. The van der Waals surface area contributed by atoms with Crippen molar-refractivity contribution in [2.45, 2.75) is 38.0 Å². The Morgan fingerprint density at radius 3 is 3.05 bits per heavy atom. The number of rotatable bonds is 3. The van der Waals surface area contributed by atoms with Crippen molar-refractivity contribution in [2.24, 2.45) is 0 Å². The highest BCUT2D eigenvalue weighted by Crippen LogP contribution is 2.30. The Morgan fingerprint density at radius 1 is 1.32 bits per heavy atom. The van der Waals surface area contributed by atoms with Gasteiger partial charge in [-0.05, 0) is 30.5 Å². The molecule has 3 heterocycles. The highest BCUT2D eigenvalue weighted by molar-refractivity contribution is 5.83. The summed E-state index contributed by atoms with van der Waals surface area (Å²) in [6.45, 7) is 1.58. The molecular formula is C17H19N3O2. The van der Waals surface area contributed by atoms with Crippen molar-refractivity contribution in [3.8, 4) is 5.75 Å². The van der Waals surface area contributed by atoms with E-state index in [0.717, 1.165) is 37.2 Å². The number of hydrogen-bond acceptors (Lipinski definition) is 3. The first-order valence-electron chi connectivity index (χ1n) is 7.84. The van der Waals surface area contributed by atoms with Crippen LogP contribution in [0.4, 0.5) is 0 Å². The average Bonchev–Trinajstić information content (AvgIpc) is 3.27. The van der Waals surface area contributed by atoms with E-state index in [0.29, 0.717) is 6.42 Å². The number of fused-ring (bicyclic) bond motifs is 1. The van der Waals surface area contributed by atoms with Gasteiger partial charge in [0.15, 0.2) is 6.10 Å². The van der Waals surface area contributed by atoms with E-state index in [2.05, 4.69) is 5.10 Å². The van der Waals surface area contributed by atoms with Gasteiger partial charge in [-0.3, -0.25) is 9.48 Å². The van der Waals surface area contributed by atoms with Gasteiger partial charge < -0.3 is 9.64 Å². The number of nitrogens with zero attached hydrogens (tertiary/aromatic N) is 3. The van der Waals surface area contributed by atoms with Crippen LogP contribution in [-0.4, -0.2) is 39.3 Å². The Balaban J connectivity index is 1.46. The van der Waals surface area contributed by atoms with Gasteiger partial charge in [0.1, 0.15) is 5.75 Å². The van der Waals surface area contributed by atoms with Crippen LogP contribution in [0.2, 0.25) is 0 Å². The van der Waals surface area contributed by atoms with Gasteiger partial charge >= 0.3 is 0 Å². The van der Waals surface area contributed by atoms with Crippen molar-refractivity contribution < 1.29 is 9.53 Å². The average molecular weight is 297 g/mol. The van der Waals surface area contributed by atoms with E-state index in [9.17, 15) is 4.79 Å². The standard InChI is InChI=1S/C17H19N3O2/c21-17(16-11-13-5-1-2-7-15(13)22-16)20-10-3-6-14(20)12-19-9-4-8-18-19/h1-2,4-5,7-9,14,16H,3,6,10-12H2/t14-,16+/m0/s1. The number of hydrogen-bond donors (Lipinski definition) is 0. The molecule has 0 bridgehead atoms. The fourth-order valence-corrected chi connectivity index (χ4v) is 3.44. The van der Waals surface area contributed by atoms with Crippen LogP contribution in [0.25, 0.3) is 0 Å². The molecule has 2 atom stereocenters. The minimum Gasteiger partial charge on any atom is -0.480 e. The molecular weight excluding hydrogens is 278 g/mol. The molecule has 0 spiro atoms. The lowest BCUT2D eigenvalue weighted by Crippen LogP contribution is -2.45. The summed E-state index contributed by atoms with van der Waals surface area (Å²) in [6.07, 6.45) is 6.12. The third kappa shape index (κ3) is 2.36. The summed E-state index contributed by atoms with van der Waals surface area (Å²) in [5.74, 6) is 0.967. The molecule has 1 amide bonds. The SMILES string of the molecule is O=C([C@H]1Cc2ccccc2O1)N1CCC[C@H]1Cn1cccn1. The second-order valence-electron chi connectivity index (χ2n) is 5.97. The van der Waals surface area contributed by atoms with Gasteiger partial charge in [0, 0.05) is 25.4 Å². The van der Waals surface area contributed by atoms with Crippen molar-refractivity contribution in [1.82, 2.24) is 14.7 Å². The fraction of sp³-hybridized carbons (Fsp3) is 0.412. The molecule has 1 saturated heterocycles. The molecule has 0 unspecified atom stereocenters. The molecule has 2 aromatic rings. The number of aromatic nitrogens is 2. The molecule has 0 N–H and O–H groups in total. The van der Waals surface area contributed by atoms with Crippen molar-refractivity contribution >= 4 is 5.91 Å². The number of amides is 1. The van der Waals surface area contributed by atoms with Crippen LogP contribution in [0.3, 0.4) is 0 Å². The quantitative estimate of drug-likeness (QED) is 0.869. The molecule has 5 heteroatoms. The zero-order valence-electron chi connectivity index (χ0n) is 12.4. The summed E-state index contributed by atoms with van der Waals surface area (Å²) in [5.41, 5.74) is 1.13. The number of carbonyl (C=O) groups excluding carboxylic acids is 1. The summed E-state index contributed by atoms with van der Waals surface area (Å²) >= 11 is 0. The molecule has 1 aromatic carbocycles. The number of para-hydroxylation sites is 1. The van der Waals surface area contributed by atoms with Crippen LogP contribution in [0.15, 0.2) is 42.7 Å². The van der Waals surface area contributed by atoms with E-state index in [1.54, 1.807) is 6.20 Å². The molecule has 1 fully saturated rings. The maximum absolute atomic E-state index is 12.8. The summed E-state index contributed by atoms with van der Waals surface area (Å²) in [7, 11) is 0. The second kappa shape index (κ2) is 5.48. The zero-order valence-corrected chi connectivity index (χ0v) is 12.4. The third-order valence-corrected chi connectivity index (χ3v) is 4.54. The lowest BCUT2D eigenvalue weighted by molar-refractivity contribution is -0.139. The van der Waals surface area contributed by atoms with Crippen LogP contribution in [0.5, 0.6) is 5.75 Å². The normalized spacial score (nSPS) is 23.4. The van der Waals surface area contributed by atoms with Crippen LogP contribution >= 0.6 is 0 Å². The maximum atomic E-state index is 12.8.